The van der Waals surface area contributed by atoms with E-state index in [1.54, 1.807) is 6.08 Å². The van der Waals surface area contributed by atoms with Crippen LogP contribution in [-0.4, -0.2) is 47.8 Å². The molecule has 0 bridgehead atoms. The van der Waals surface area contributed by atoms with Gasteiger partial charge in [-0.25, -0.2) is 4.57 Å². The second-order valence-corrected chi connectivity index (χ2v) is 10.3. The fourth-order valence-electron chi connectivity index (χ4n) is 3.45. The van der Waals surface area contributed by atoms with Gasteiger partial charge >= 0.3 is 7.82 Å². The van der Waals surface area contributed by atoms with Gasteiger partial charge in [-0.15, -0.1) is 0 Å². The van der Waals surface area contributed by atoms with Gasteiger partial charge in [0.1, 0.15) is 0 Å². The summed E-state index contributed by atoms with van der Waals surface area (Å²) in [5.74, 6) is -0.216. The van der Waals surface area contributed by atoms with Crippen LogP contribution in [0, 0.1) is 0 Å². The molecule has 5 N–H and O–H groups in total. The summed E-state index contributed by atoms with van der Waals surface area (Å²) in [5.41, 5.74) is 5.29. The Morgan fingerprint density at radius 1 is 0.914 bits per heavy atom. The number of amides is 1. The first kappa shape index (κ1) is 34.0. The quantitative estimate of drug-likeness (QED) is 0.0750. The Balaban J connectivity index is 4.57. The lowest BCUT2D eigenvalue weighted by molar-refractivity contribution is -0.123. The summed E-state index contributed by atoms with van der Waals surface area (Å²) >= 11 is 0. The molecule has 0 aliphatic carbocycles. The van der Waals surface area contributed by atoms with Crippen LogP contribution in [0.1, 0.15) is 104 Å². The zero-order chi connectivity index (χ0) is 26.2. The molecule has 8 nitrogen and oxygen atoms in total. The third-order valence-electron chi connectivity index (χ3n) is 5.51. The predicted octanol–water partition coefficient (Wildman–Crippen LogP) is 5.54. The zero-order valence-corrected chi connectivity index (χ0v) is 22.9. The fraction of sp³-hybridized carbons (Fsp3) is 0.808. The minimum absolute atomic E-state index is 0.0743. The Labute approximate surface area is 213 Å². The highest BCUT2D eigenvalue weighted by atomic mass is 31.2. The Morgan fingerprint density at radius 3 is 2.14 bits per heavy atom. The lowest BCUT2D eigenvalue weighted by Crippen LogP contribution is -2.45. The maximum absolute atomic E-state index is 12.4. The topological polar surface area (TPSA) is 131 Å². The monoisotopic (exact) mass is 518 g/mol. The first-order valence-corrected chi connectivity index (χ1v) is 15.0. The van der Waals surface area contributed by atoms with Crippen molar-refractivity contribution in [3.05, 3.63) is 24.3 Å². The van der Waals surface area contributed by atoms with E-state index < -0.39 is 20.0 Å². The van der Waals surface area contributed by atoms with Crippen LogP contribution in [0.25, 0.3) is 0 Å². The number of nitrogens with one attached hydrogen (secondary N) is 1. The van der Waals surface area contributed by atoms with Crippen LogP contribution in [0.5, 0.6) is 0 Å². The van der Waals surface area contributed by atoms with Crippen molar-refractivity contribution < 1.29 is 28.4 Å². The highest BCUT2D eigenvalue weighted by molar-refractivity contribution is 7.47. The average Bonchev–Trinajstić information content (AvgIpc) is 2.83. The van der Waals surface area contributed by atoms with E-state index in [1.807, 2.05) is 6.08 Å². The van der Waals surface area contributed by atoms with E-state index in [-0.39, 0.29) is 25.7 Å². The molecule has 9 heteroatoms. The molecule has 0 heterocycles. The number of nitrogens with two attached hydrogens (primary N) is 1. The number of carbonyl (C=O) groups excluding carboxylic acids is 1. The van der Waals surface area contributed by atoms with Gasteiger partial charge in [0.2, 0.25) is 5.91 Å². The van der Waals surface area contributed by atoms with Crippen molar-refractivity contribution in [2.45, 2.75) is 116 Å². The molecule has 0 spiro atoms. The maximum Gasteiger partial charge on any atom is 0.472 e. The number of allylic oxidation sites excluding steroid dienone is 3. The van der Waals surface area contributed by atoms with Crippen LogP contribution in [0.15, 0.2) is 24.3 Å². The molecule has 0 aliphatic heterocycles. The van der Waals surface area contributed by atoms with Gasteiger partial charge in [0.15, 0.2) is 0 Å². The molecule has 206 valence electrons. The van der Waals surface area contributed by atoms with Crippen LogP contribution in [0.3, 0.4) is 0 Å². The van der Waals surface area contributed by atoms with E-state index in [9.17, 15) is 19.4 Å². The van der Waals surface area contributed by atoms with Gasteiger partial charge in [0, 0.05) is 13.0 Å². The molecule has 3 unspecified atom stereocenters. The Bertz CT molecular complexity index is 615. The summed E-state index contributed by atoms with van der Waals surface area (Å²) in [6.45, 7) is 3.92. The highest BCUT2D eigenvalue weighted by Crippen LogP contribution is 2.43. The molecule has 0 aliphatic rings. The normalized spacial score (nSPS) is 15.5. The van der Waals surface area contributed by atoms with Crippen molar-refractivity contribution in [2.75, 3.05) is 19.8 Å². The molecule has 0 aromatic heterocycles. The van der Waals surface area contributed by atoms with Crippen molar-refractivity contribution in [3.63, 3.8) is 0 Å². The number of aliphatic hydroxyl groups excluding tert-OH is 1. The van der Waals surface area contributed by atoms with Gasteiger partial charge in [-0.3, -0.25) is 13.8 Å². The van der Waals surface area contributed by atoms with Gasteiger partial charge < -0.3 is 21.1 Å². The van der Waals surface area contributed by atoms with Crippen LogP contribution >= 0.6 is 7.82 Å². The van der Waals surface area contributed by atoms with Crippen molar-refractivity contribution in [2.24, 2.45) is 5.73 Å². The third kappa shape index (κ3) is 21.9. The van der Waals surface area contributed by atoms with Gasteiger partial charge in [-0.1, -0.05) is 95.9 Å². The molecule has 0 fully saturated rings. The van der Waals surface area contributed by atoms with Crippen molar-refractivity contribution in [1.82, 2.24) is 5.32 Å². The number of hydrogen-bond acceptors (Lipinski definition) is 6. The fourth-order valence-corrected chi connectivity index (χ4v) is 4.20. The Morgan fingerprint density at radius 2 is 1.51 bits per heavy atom. The molecule has 0 radical (unpaired) electrons. The van der Waals surface area contributed by atoms with E-state index in [0.717, 1.165) is 44.9 Å². The van der Waals surface area contributed by atoms with Crippen molar-refractivity contribution in [1.29, 1.82) is 0 Å². The van der Waals surface area contributed by atoms with Crippen molar-refractivity contribution >= 4 is 13.7 Å². The summed E-state index contributed by atoms with van der Waals surface area (Å²) in [5, 5.41) is 13.3. The highest BCUT2D eigenvalue weighted by Gasteiger charge is 2.26. The zero-order valence-electron chi connectivity index (χ0n) is 22.0. The van der Waals surface area contributed by atoms with Crippen LogP contribution < -0.4 is 11.1 Å². The number of rotatable bonds is 24. The molecule has 0 saturated carbocycles. The molecule has 0 aromatic carbocycles. The number of hydrogen-bond donors (Lipinski definition) is 4. The lowest BCUT2D eigenvalue weighted by atomic mass is 10.1. The summed E-state index contributed by atoms with van der Waals surface area (Å²) in [6.07, 6.45) is 21.1. The molecule has 0 rings (SSSR count). The minimum Gasteiger partial charge on any atom is -0.387 e. The molecule has 0 aromatic rings. The first-order chi connectivity index (χ1) is 16.9. The third-order valence-corrected chi connectivity index (χ3v) is 6.50. The summed E-state index contributed by atoms with van der Waals surface area (Å²) in [4.78, 5) is 22.2. The molecule has 35 heavy (non-hydrogen) atoms. The predicted molar refractivity (Wildman–Crippen MR) is 143 cm³/mol. The number of aliphatic hydroxyl groups is 1. The van der Waals surface area contributed by atoms with E-state index in [1.165, 1.54) is 38.5 Å². The minimum atomic E-state index is -4.31. The number of phosphoric acid groups is 1. The maximum atomic E-state index is 12.4. The first-order valence-electron chi connectivity index (χ1n) is 13.5. The standard InChI is InChI=1S/C26H51N2O6P/c1-3-5-7-9-11-12-14-16-18-20-26(30)28-24(23-34-35(31,32)33-22-21-27)25(29)19-17-15-13-10-8-6-4-2/h8,10,17,19,24-25,29H,3-7,9,11-16,18,20-23,27H2,1-2H3,(H,28,30)(H,31,32)/b10-8+,19-17+. The van der Waals surface area contributed by atoms with Gasteiger partial charge in [-0.2, -0.15) is 0 Å². The molecule has 3 atom stereocenters. The second-order valence-electron chi connectivity index (χ2n) is 8.89. The molecule has 0 saturated heterocycles. The van der Waals surface area contributed by atoms with Crippen molar-refractivity contribution in [3.8, 4) is 0 Å². The van der Waals surface area contributed by atoms with E-state index in [2.05, 4.69) is 31.3 Å². The van der Waals surface area contributed by atoms with Gasteiger partial charge in [-0.05, 0) is 25.7 Å². The molecular weight excluding hydrogens is 467 g/mol. The van der Waals surface area contributed by atoms with E-state index in [4.69, 9.17) is 14.8 Å². The molecule has 1 amide bonds. The lowest BCUT2D eigenvalue weighted by Gasteiger charge is -2.23. The summed E-state index contributed by atoms with van der Waals surface area (Å²) < 4.78 is 21.7. The molecular formula is C26H51N2O6P. The summed E-state index contributed by atoms with van der Waals surface area (Å²) in [7, 11) is -4.31. The van der Waals surface area contributed by atoms with Gasteiger partial charge in [0.05, 0.1) is 25.4 Å². The van der Waals surface area contributed by atoms with E-state index >= 15 is 0 Å². The Kier molecular flexibility index (Phi) is 22.7. The number of phosphoric ester groups is 1. The van der Waals surface area contributed by atoms with Crippen LogP contribution in [-0.2, 0) is 18.4 Å². The average molecular weight is 519 g/mol. The largest absolute Gasteiger partial charge is 0.472 e. The van der Waals surface area contributed by atoms with Crippen LogP contribution in [0.4, 0.5) is 0 Å². The number of unbranched alkanes of at least 4 members (excludes halogenated alkanes) is 10. The van der Waals surface area contributed by atoms with Crippen LogP contribution in [0.2, 0.25) is 0 Å². The van der Waals surface area contributed by atoms with E-state index in [0.29, 0.717) is 6.42 Å². The SMILES string of the molecule is CCC/C=C/CC/C=C/C(O)C(COP(=O)(O)OCCN)NC(=O)CCCCCCCCCCC. The summed E-state index contributed by atoms with van der Waals surface area (Å²) in [6, 6.07) is -0.866. The van der Waals surface area contributed by atoms with Gasteiger partial charge in [0.25, 0.3) is 0 Å². The second kappa shape index (κ2) is 23.4. The number of carbonyl (C=O) groups is 1. The Hall–Kier alpha value is -1.02. The smallest absolute Gasteiger partial charge is 0.387 e.